The number of carbonyl (C=O) groups is 1. The summed E-state index contributed by atoms with van der Waals surface area (Å²) in [7, 11) is 0. The van der Waals surface area contributed by atoms with Gasteiger partial charge in [0.25, 0.3) is 0 Å². The number of benzene rings is 1. The van der Waals surface area contributed by atoms with E-state index in [2.05, 4.69) is 20.8 Å². The quantitative estimate of drug-likeness (QED) is 0.673. The van der Waals surface area contributed by atoms with Gasteiger partial charge in [0.1, 0.15) is 5.82 Å². The normalized spacial score (nSPS) is 11.9. The molecule has 2 amide bonds. The molecular formula is C12H13FN4O2. The van der Waals surface area contributed by atoms with Crippen LogP contribution in [-0.4, -0.2) is 27.9 Å². The molecule has 1 atom stereocenters. The van der Waals surface area contributed by atoms with Crippen LogP contribution < -0.4 is 10.6 Å². The van der Waals surface area contributed by atoms with E-state index in [9.17, 15) is 14.3 Å². The number of nitrogens with one attached hydrogen (secondary N) is 3. The maximum absolute atomic E-state index is 13.4. The smallest absolute Gasteiger partial charge is 0.319 e. The highest BCUT2D eigenvalue weighted by atomic mass is 19.1. The molecule has 1 aromatic carbocycles. The van der Waals surface area contributed by atoms with Gasteiger partial charge >= 0.3 is 6.03 Å². The highest BCUT2D eigenvalue weighted by molar-refractivity contribution is 5.88. The molecule has 6 nitrogen and oxygen atoms in total. The Hall–Kier alpha value is -2.41. The molecule has 0 aliphatic rings. The zero-order valence-corrected chi connectivity index (χ0v) is 9.93. The van der Waals surface area contributed by atoms with Crippen molar-refractivity contribution in [2.75, 3.05) is 11.9 Å². The second-order valence-corrected chi connectivity index (χ2v) is 3.86. The largest absolute Gasteiger partial charge is 0.386 e. The van der Waals surface area contributed by atoms with Gasteiger partial charge in [-0.25, -0.2) is 9.18 Å². The van der Waals surface area contributed by atoms with E-state index in [0.717, 1.165) is 0 Å². The summed E-state index contributed by atoms with van der Waals surface area (Å²) in [6.45, 7) is -0.0926. The summed E-state index contributed by atoms with van der Waals surface area (Å²) < 4.78 is 13.4. The number of aromatic amines is 1. The highest BCUT2D eigenvalue weighted by Gasteiger charge is 2.13. The zero-order valence-electron chi connectivity index (χ0n) is 9.93. The molecular weight excluding hydrogens is 251 g/mol. The van der Waals surface area contributed by atoms with Gasteiger partial charge < -0.3 is 15.7 Å². The third-order valence-electron chi connectivity index (χ3n) is 2.48. The maximum Gasteiger partial charge on any atom is 0.319 e. The Morgan fingerprint density at radius 2 is 2.26 bits per heavy atom. The van der Waals surface area contributed by atoms with E-state index in [1.165, 1.54) is 30.6 Å². The van der Waals surface area contributed by atoms with Crippen molar-refractivity contribution < 1.29 is 14.3 Å². The van der Waals surface area contributed by atoms with Crippen molar-refractivity contribution in [2.24, 2.45) is 0 Å². The highest BCUT2D eigenvalue weighted by Crippen LogP contribution is 2.15. The second-order valence-electron chi connectivity index (χ2n) is 3.86. The molecule has 0 saturated carbocycles. The molecule has 1 heterocycles. The van der Waals surface area contributed by atoms with Crippen molar-refractivity contribution in [3.05, 3.63) is 48.0 Å². The average Bonchev–Trinajstić information content (AvgIpc) is 2.89. The van der Waals surface area contributed by atoms with E-state index in [1.54, 1.807) is 6.07 Å². The van der Waals surface area contributed by atoms with Gasteiger partial charge in [0.2, 0.25) is 0 Å². The Morgan fingerprint density at radius 1 is 1.47 bits per heavy atom. The zero-order chi connectivity index (χ0) is 13.7. The third kappa shape index (κ3) is 3.52. The van der Waals surface area contributed by atoms with Crippen LogP contribution in [0.15, 0.2) is 36.7 Å². The number of hydrogen-bond acceptors (Lipinski definition) is 3. The Balaban J connectivity index is 1.85. The van der Waals surface area contributed by atoms with Crippen LogP contribution in [-0.2, 0) is 0 Å². The molecule has 0 aliphatic heterocycles. The van der Waals surface area contributed by atoms with Crippen LogP contribution in [0.25, 0.3) is 0 Å². The van der Waals surface area contributed by atoms with E-state index in [-0.39, 0.29) is 12.1 Å². The first kappa shape index (κ1) is 13.0. The first-order chi connectivity index (χ1) is 9.16. The Morgan fingerprint density at radius 3 is 2.95 bits per heavy atom. The lowest BCUT2D eigenvalue weighted by Crippen LogP contribution is -2.32. The van der Waals surface area contributed by atoms with Crippen LogP contribution in [0.4, 0.5) is 14.9 Å². The van der Waals surface area contributed by atoms with Crippen molar-refractivity contribution in [1.82, 2.24) is 15.5 Å². The summed E-state index contributed by atoms with van der Waals surface area (Å²) in [5.41, 5.74) is 0.643. The Bertz CT molecular complexity index is 544. The van der Waals surface area contributed by atoms with E-state index in [1.807, 2.05) is 0 Å². The summed E-state index contributed by atoms with van der Waals surface area (Å²) >= 11 is 0. The van der Waals surface area contributed by atoms with Gasteiger partial charge in [-0.1, -0.05) is 18.2 Å². The summed E-state index contributed by atoms with van der Waals surface area (Å²) in [6, 6.07) is 5.37. The molecule has 2 rings (SSSR count). The molecule has 0 aliphatic carbocycles. The number of rotatable bonds is 4. The van der Waals surface area contributed by atoms with Gasteiger partial charge in [0.15, 0.2) is 0 Å². The monoisotopic (exact) mass is 264 g/mol. The number of carbonyl (C=O) groups excluding carboxylic acids is 1. The lowest BCUT2D eigenvalue weighted by atomic mass is 10.1. The fourth-order valence-electron chi connectivity index (χ4n) is 1.54. The van der Waals surface area contributed by atoms with Crippen molar-refractivity contribution in [3.8, 4) is 0 Å². The Kier molecular flexibility index (Phi) is 4.09. The van der Waals surface area contributed by atoms with E-state index in [4.69, 9.17) is 0 Å². The first-order valence-electron chi connectivity index (χ1n) is 5.63. The van der Waals surface area contributed by atoms with Crippen LogP contribution in [0.1, 0.15) is 11.7 Å². The molecule has 0 bridgehead atoms. The molecule has 0 radical (unpaired) electrons. The molecule has 19 heavy (non-hydrogen) atoms. The van der Waals surface area contributed by atoms with Gasteiger partial charge in [0.05, 0.1) is 18.0 Å². The minimum absolute atomic E-state index is 0.0926. The molecule has 7 heteroatoms. The number of urea groups is 1. The molecule has 0 fully saturated rings. The number of nitrogens with zero attached hydrogens (tertiary/aromatic N) is 1. The number of hydrogen-bond donors (Lipinski definition) is 4. The lowest BCUT2D eigenvalue weighted by Gasteiger charge is -2.13. The summed E-state index contributed by atoms with van der Waals surface area (Å²) in [4.78, 5) is 11.5. The van der Waals surface area contributed by atoms with Crippen LogP contribution in [0.2, 0.25) is 0 Å². The van der Waals surface area contributed by atoms with Gasteiger partial charge in [-0.05, 0) is 6.07 Å². The van der Waals surface area contributed by atoms with Crippen molar-refractivity contribution in [1.29, 1.82) is 0 Å². The topological polar surface area (TPSA) is 90.0 Å². The predicted octanol–water partition coefficient (Wildman–Crippen LogP) is 1.40. The predicted molar refractivity (Wildman–Crippen MR) is 67.0 cm³/mol. The molecule has 0 saturated heterocycles. The molecule has 100 valence electrons. The number of halogens is 1. The molecule has 0 unspecified atom stereocenters. The van der Waals surface area contributed by atoms with E-state index < -0.39 is 18.0 Å². The minimum atomic E-state index is -1.10. The first-order valence-corrected chi connectivity index (χ1v) is 5.63. The van der Waals surface area contributed by atoms with Crippen LogP contribution in [0, 0.1) is 5.82 Å². The number of anilines is 1. The number of aliphatic hydroxyl groups excluding tert-OH is 1. The third-order valence-corrected chi connectivity index (χ3v) is 2.48. The van der Waals surface area contributed by atoms with Gasteiger partial charge in [-0.15, -0.1) is 0 Å². The Labute approximate surface area is 108 Å². The molecule has 2 aromatic rings. The average molecular weight is 264 g/mol. The van der Waals surface area contributed by atoms with Crippen molar-refractivity contribution in [3.63, 3.8) is 0 Å². The molecule has 4 N–H and O–H groups in total. The second kappa shape index (κ2) is 5.96. The van der Waals surface area contributed by atoms with E-state index in [0.29, 0.717) is 5.69 Å². The fraction of sp³-hybridized carbons (Fsp3) is 0.167. The summed E-state index contributed by atoms with van der Waals surface area (Å²) in [6.07, 6.45) is 1.84. The van der Waals surface area contributed by atoms with E-state index >= 15 is 0 Å². The summed E-state index contributed by atoms with van der Waals surface area (Å²) in [5, 5.41) is 20.9. The van der Waals surface area contributed by atoms with Crippen LogP contribution in [0.5, 0.6) is 0 Å². The van der Waals surface area contributed by atoms with Gasteiger partial charge in [0, 0.05) is 18.3 Å². The van der Waals surface area contributed by atoms with Crippen molar-refractivity contribution in [2.45, 2.75) is 6.10 Å². The summed E-state index contributed by atoms with van der Waals surface area (Å²) in [5.74, 6) is -0.507. The lowest BCUT2D eigenvalue weighted by molar-refractivity contribution is 0.170. The van der Waals surface area contributed by atoms with Crippen LogP contribution in [0.3, 0.4) is 0 Å². The van der Waals surface area contributed by atoms with Gasteiger partial charge in [-0.2, -0.15) is 5.10 Å². The number of amides is 2. The molecule has 1 aromatic heterocycles. The SMILES string of the molecule is O=C(NC[C@H](O)c1ccccc1F)Nc1cn[nH]c1. The number of H-pyrrole nitrogens is 1. The van der Waals surface area contributed by atoms with Gasteiger partial charge in [-0.3, -0.25) is 5.10 Å². The standard InChI is InChI=1S/C12H13FN4O2/c13-10-4-2-1-3-9(10)11(18)7-14-12(19)17-8-5-15-16-6-8/h1-6,11,18H,7H2,(H,15,16)(H2,14,17,19)/t11-/m0/s1. The number of aliphatic hydroxyl groups is 1. The van der Waals surface area contributed by atoms with Crippen LogP contribution >= 0.6 is 0 Å². The van der Waals surface area contributed by atoms with Crippen molar-refractivity contribution >= 4 is 11.7 Å². The number of aromatic nitrogens is 2. The molecule has 0 spiro atoms. The fourth-order valence-corrected chi connectivity index (χ4v) is 1.54. The minimum Gasteiger partial charge on any atom is -0.386 e. The maximum atomic E-state index is 13.4.